The van der Waals surface area contributed by atoms with Crippen molar-refractivity contribution in [3.8, 4) is 0 Å². The second-order valence-corrected chi connectivity index (χ2v) is 4.64. The smallest absolute Gasteiger partial charge is 0.325 e. The maximum Gasteiger partial charge on any atom is 0.325 e. The van der Waals surface area contributed by atoms with E-state index < -0.39 is 34.9 Å². The summed E-state index contributed by atoms with van der Waals surface area (Å²) in [6.45, 7) is 0.670. The first-order chi connectivity index (χ1) is 9.75. The van der Waals surface area contributed by atoms with Crippen LogP contribution < -0.4 is 5.32 Å². The van der Waals surface area contributed by atoms with Gasteiger partial charge in [0, 0.05) is 12.1 Å². The molecule has 1 aliphatic rings. The van der Waals surface area contributed by atoms with Crippen molar-refractivity contribution in [2.75, 3.05) is 6.54 Å². The number of nitrogens with zero attached hydrogens (tertiary/aromatic N) is 2. The molecule has 2 rings (SSSR count). The van der Waals surface area contributed by atoms with Crippen LogP contribution in [-0.2, 0) is 15.1 Å². The number of nitrogens with one attached hydrogen (secondary N) is 1. The Morgan fingerprint density at radius 2 is 1.95 bits per heavy atom. The van der Waals surface area contributed by atoms with Crippen LogP contribution >= 0.6 is 0 Å². The highest BCUT2D eigenvalue weighted by molar-refractivity contribution is 6.08. The number of carboxylic acids is 1. The van der Waals surface area contributed by atoms with Crippen molar-refractivity contribution in [1.82, 2.24) is 10.2 Å². The quantitative estimate of drug-likeness (QED) is 0.471. The summed E-state index contributed by atoms with van der Waals surface area (Å²) in [5.41, 5.74) is -1.26. The van der Waals surface area contributed by atoms with Crippen molar-refractivity contribution < 1.29 is 24.4 Å². The molecule has 9 nitrogen and oxygen atoms in total. The summed E-state index contributed by atoms with van der Waals surface area (Å²) >= 11 is 0. The number of aliphatic carboxylic acids is 1. The van der Waals surface area contributed by atoms with Gasteiger partial charge in [0.15, 0.2) is 0 Å². The van der Waals surface area contributed by atoms with E-state index >= 15 is 0 Å². The van der Waals surface area contributed by atoms with Gasteiger partial charge in [0.25, 0.3) is 11.6 Å². The molecular weight excluding hydrogens is 282 g/mol. The van der Waals surface area contributed by atoms with Gasteiger partial charge in [-0.05, 0) is 24.6 Å². The van der Waals surface area contributed by atoms with Crippen molar-refractivity contribution in [3.63, 3.8) is 0 Å². The first kappa shape index (κ1) is 14.4. The Morgan fingerprint density at radius 3 is 2.43 bits per heavy atom. The maximum atomic E-state index is 12.2. The highest BCUT2D eigenvalue weighted by atomic mass is 16.6. The number of non-ortho nitro benzene ring substituents is 1. The van der Waals surface area contributed by atoms with E-state index in [1.165, 1.54) is 31.2 Å². The summed E-state index contributed by atoms with van der Waals surface area (Å²) in [4.78, 5) is 45.2. The highest BCUT2D eigenvalue weighted by Gasteiger charge is 2.49. The van der Waals surface area contributed by atoms with Gasteiger partial charge in [-0.3, -0.25) is 24.6 Å². The molecular formula is C12H11N3O6. The molecule has 0 saturated carbocycles. The molecule has 1 aromatic rings. The molecule has 0 bridgehead atoms. The third kappa shape index (κ3) is 2.40. The largest absolute Gasteiger partial charge is 0.480 e. The molecule has 3 amide bonds. The minimum absolute atomic E-state index is 0.151. The van der Waals surface area contributed by atoms with E-state index in [9.17, 15) is 24.5 Å². The fourth-order valence-corrected chi connectivity index (χ4v) is 2.09. The number of carbonyl (C=O) groups is 3. The lowest BCUT2D eigenvalue weighted by molar-refractivity contribution is -0.384. The number of rotatable bonds is 4. The lowest BCUT2D eigenvalue weighted by atomic mass is 9.92. The number of carboxylic acid groups (broad SMARTS) is 1. The van der Waals surface area contributed by atoms with Crippen molar-refractivity contribution in [1.29, 1.82) is 0 Å². The maximum absolute atomic E-state index is 12.2. The molecule has 0 aromatic heterocycles. The van der Waals surface area contributed by atoms with Crippen LogP contribution in [0.3, 0.4) is 0 Å². The highest BCUT2D eigenvalue weighted by Crippen LogP contribution is 2.29. The molecule has 1 atom stereocenters. The summed E-state index contributed by atoms with van der Waals surface area (Å²) in [6, 6.07) is 4.30. The Kier molecular flexibility index (Phi) is 3.34. The number of hydrogen-bond acceptors (Lipinski definition) is 5. The third-order valence-electron chi connectivity index (χ3n) is 3.22. The Labute approximate surface area is 118 Å². The van der Waals surface area contributed by atoms with E-state index in [-0.39, 0.29) is 5.69 Å². The van der Waals surface area contributed by atoms with E-state index in [4.69, 9.17) is 5.11 Å². The molecule has 1 heterocycles. The molecule has 2 N–H and O–H groups in total. The van der Waals surface area contributed by atoms with Crippen LogP contribution in [0.25, 0.3) is 0 Å². The summed E-state index contributed by atoms with van der Waals surface area (Å²) in [5, 5.41) is 21.7. The zero-order chi connectivity index (χ0) is 15.8. The monoisotopic (exact) mass is 293 g/mol. The third-order valence-corrected chi connectivity index (χ3v) is 3.22. The van der Waals surface area contributed by atoms with Gasteiger partial charge in [-0.25, -0.2) is 4.79 Å². The normalized spacial score (nSPS) is 21.3. The minimum atomic E-state index is -1.44. The average molecular weight is 293 g/mol. The van der Waals surface area contributed by atoms with Crippen LogP contribution in [0.5, 0.6) is 0 Å². The molecule has 9 heteroatoms. The summed E-state index contributed by atoms with van der Waals surface area (Å²) in [6.07, 6.45) is 0. The molecule has 0 spiro atoms. The number of urea groups is 1. The molecule has 21 heavy (non-hydrogen) atoms. The van der Waals surface area contributed by atoms with Gasteiger partial charge in [0.05, 0.1) is 4.92 Å². The van der Waals surface area contributed by atoms with Gasteiger partial charge < -0.3 is 10.4 Å². The molecule has 1 saturated heterocycles. The molecule has 1 aliphatic heterocycles. The fourth-order valence-electron chi connectivity index (χ4n) is 2.09. The lowest BCUT2D eigenvalue weighted by Gasteiger charge is -2.21. The molecule has 1 aromatic carbocycles. The number of amides is 3. The predicted octanol–water partition coefficient (Wildman–Crippen LogP) is 0.446. The Hall–Kier alpha value is -2.97. The van der Waals surface area contributed by atoms with Gasteiger partial charge in [-0.1, -0.05) is 0 Å². The molecule has 0 unspecified atom stereocenters. The zero-order valence-electron chi connectivity index (χ0n) is 10.9. The zero-order valence-corrected chi connectivity index (χ0v) is 10.9. The Balaban J connectivity index is 2.34. The van der Waals surface area contributed by atoms with Crippen LogP contribution in [0.2, 0.25) is 0 Å². The van der Waals surface area contributed by atoms with E-state index in [1.54, 1.807) is 0 Å². The van der Waals surface area contributed by atoms with Crippen molar-refractivity contribution >= 4 is 23.6 Å². The van der Waals surface area contributed by atoms with Gasteiger partial charge in [0.1, 0.15) is 12.1 Å². The first-order valence-electron chi connectivity index (χ1n) is 5.86. The van der Waals surface area contributed by atoms with Crippen molar-refractivity contribution in [2.24, 2.45) is 0 Å². The minimum Gasteiger partial charge on any atom is -0.480 e. The van der Waals surface area contributed by atoms with Gasteiger partial charge in [-0.2, -0.15) is 0 Å². The standard InChI is InChI=1S/C12H11N3O6/c1-12(7-2-4-8(5-3-7)15(20)21)10(18)14(6-9(16)17)11(19)13-12/h2-5H,6H2,1H3,(H,13,19)(H,16,17)/t12-/m0/s1. The second kappa shape index (κ2) is 4.85. The van der Waals surface area contributed by atoms with Crippen molar-refractivity contribution in [2.45, 2.75) is 12.5 Å². The number of nitro benzene ring substituents is 1. The topological polar surface area (TPSA) is 130 Å². The van der Waals surface area contributed by atoms with Crippen molar-refractivity contribution in [3.05, 3.63) is 39.9 Å². The van der Waals surface area contributed by atoms with E-state index in [1.807, 2.05) is 0 Å². The van der Waals surface area contributed by atoms with E-state index in [2.05, 4.69) is 5.32 Å². The number of hydrogen-bond donors (Lipinski definition) is 2. The molecule has 1 fully saturated rings. The average Bonchev–Trinajstić information content (AvgIpc) is 2.63. The second-order valence-electron chi connectivity index (χ2n) is 4.64. The number of benzene rings is 1. The fraction of sp³-hybridized carbons (Fsp3) is 0.250. The molecule has 0 aliphatic carbocycles. The summed E-state index contributed by atoms with van der Waals surface area (Å²) in [7, 11) is 0. The Bertz CT molecular complexity index is 641. The summed E-state index contributed by atoms with van der Waals surface area (Å²) in [5.74, 6) is -2.03. The predicted molar refractivity (Wildman–Crippen MR) is 68.3 cm³/mol. The number of imide groups is 1. The van der Waals surface area contributed by atoms with Crippen LogP contribution in [0.1, 0.15) is 12.5 Å². The number of carbonyl (C=O) groups excluding carboxylic acids is 2. The van der Waals surface area contributed by atoms with E-state index in [0.717, 1.165) is 0 Å². The van der Waals surface area contributed by atoms with Crippen LogP contribution in [0.15, 0.2) is 24.3 Å². The number of nitro groups is 1. The molecule has 110 valence electrons. The lowest BCUT2D eigenvalue weighted by Crippen LogP contribution is -2.41. The van der Waals surface area contributed by atoms with Crippen LogP contribution in [0.4, 0.5) is 10.5 Å². The molecule has 0 radical (unpaired) electrons. The first-order valence-corrected chi connectivity index (χ1v) is 5.86. The van der Waals surface area contributed by atoms with Crippen LogP contribution in [0, 0.1) is 10.1 Å². The SMILES string of the molecule is C[C@@]1(c2ccc([N+](=O)[O-])cc2)NC(=O)N(CC(=O)O)C1=O. The van der Waals surface area contributed by atoms with Gasteiger partial charge in [0.2, 0.25) is 0 Å². The van der Waals surface area contributed by atoms with Crippen LogP contribution in [-0.4, -0.2) is 39.4 Å². The van der Waals surface area contributed by atoms with Gasteiger partial charge in [-0.15, -0.1) is 0 Å². The Morgan fingerprint density at radius 1 is 1.38 bits per heavy atom. The van der Waals surface area contributed by atoms with E-state index in [0.29, 0.717) is 10.5 Å². The van der Waals surface area contributed by atoms with Gasteiger partial charge >= 0.3 is 12.0 Å². The summed E-state index contributed by atoms with van der Waals surface area (Å²) < 4.78 is 0.